The lowest BCUT2D eigenvalue weighted by Crippen LogP contribution is -2.41. The normalized spacial score (nSPS) is 14.8. The van der Waals surface area contributed by atoms with Crippen molar-refractivity contribution < 1.29 is 9.31 Å². The van der Waals surface area contributed by atoms with Crippen LogP contribution in [0.3, 0.4) is 0 Å². The predicted octanol–water partition coefficient (Wildman–Crippen LogP) is 10.9. The number of hydrogen-bond acceptors (Lipinski definition) is 4. The first-order chi connectivity index (χ1) is 20.3. The minimum atomic E-state index is -0.285. The lowest BCUT2D eigenvalue weighted by Gasteiger charge is -2.32. The Morgan fingerprint density at radius 3 is 1.36 bits per heavy atom. The van der Waals surface area contributed by atoms with E-state index >= 15 is 0 Å². The molecule has 4 nitrogen and oxygen atoms in total. The highest BCUT2D eigenvalue weighted by Gasteiger charge is 2.51. The molecule has 4 aromatic rings. The van der Waals surface area contributed by atoms with Gasteiger partial charge in [-0.1, -0.05) is 59.9 Å². The Morgan fingerprint density at radius 2 is 0.977 bits per heavy atom. The van der Waals surface area contributed by atoms with Crippen molar-refractivity contribution in [3.63, 3.8) is 0 Å². The van der Waals surface area contributed by atoms with Crippen LogP contribution in [0.4, 0.5) is 0 Å². The fourth-order valence-corrected chi connectivity index (χ4v) is 6.24. The molecule has 3 aromatic carbocycles. The fourth-order valence-electron chi connectivity index (χ4n) is 4.62. The van der Waals surface area contributed by atoms with E-state index in [0.29, 0.717) is 0 Å². The maximum atomic E-state index is 6.06. The maximum absolute atomic E-state index is 6.06. The van der Waals surface area contributed by atoms with Gasteiger partial charge >= 0.3 is 7.12 Å². The zero-order valence-corrected chi connectivity index (χ0v) is 34.3. The van der Waals surface area contributed by atoms with Gasteiger partial charge in [-0.15, -0.1) is 0 Å². The van der Waals surface area contributed by atoms with Gasteiger partial charge in [0.25, 0.3) is 0 Å². The number of aryl methyl sites for hydroxylation is 7. The Bertz CT molecular complexity index is 1560. The topological polar surface area (TPSA) is 44.2 Å². The van der Waals surface area contributed by atoms with E-state index in [9.17, 15) is 0 Å². The van der Waals surface area contributed by atoms with E-state index in [1.54, 1.807) is 6.20 Å². The molecule has 1 fully saturated rings. The second kappa shape index (κ2) is 15.2. The van der Waals surface area contributed by atoms with E-state index in [4.69, 9.17) is 9.31 Å². The molecule has 0 amide bonds. The summed E-state index contributed by atoms with van der Waals surface area (Å²) in [5.41, 5.74) is 11.0. The van der Waals surface area contributed by atoms with Gasteiger partial charge in [-0.25, -0.2) is 0 Å². The van der Waals surface area contributed by atoms with E-state index in [0.717, 1.165) is 31.4 Å². The minimum Gasteiger partial charge on any atom is -0.399 e. The second-order valence-electron chi connectivity index (χ2n) is 12.4. The van der Waals surface area contributed by atoms with Gasteiger partial charge in [0, 0.05) is 28.7 Å². The third kappa shape index (κ3) is 9.25. The third-order valence-electron chi connectivity index (χ3n) is 7.90. The minimum absolute atomic E-state index is 0.277. The lowest BCUT2D eigenvalue weighted by molar-refractivity contribution is 0.00578. The summed E-state index contributed by atoms with van der Waals surface area (Å²) >= 11 is 13.0. The van der Waals surface area contributed by atoms with Crippen LogP contribution < -0.4 is 5.46 Å². The highest BCUT2D eigenvalue weighted by molar-refractivity contribution is 14.1. The average Bonchev–Trinajstić information content (AvgIpc) is 3.16. The van der Waals surface area contributed by atoms with Crippen LogP contribution >= 0.6 is 70.4 Å². The quantitative estimate of drug-likeness (QED) is 0.149. The molecule has 0 radical (unpaired) electrons. The van der Waals surface area contributed by atoms with Crippen LogP contribution in [0.25, 0.3) is 11.3 Å². The van der Waals surface area contributed by atoms with Crippen LogP contribution in [0.15, 0.2) is 62.2 Å². The Hall–Kier alpha value is -1.11. The van der Waals surface area contributed by atoms with Gasteiger partial charge in [-0.2, -0.15) is 0 Å². The van der Waals surface area contributed by atoms with Gasteiger partial charge in [0.15, 0.2) is 0 Å². The van der Waals surface area contributed by atoms with Crippen LogP contribution in [0.5, 0.6) is 0 Å². The number of aromatic nitrogens is 2. The molecule has 1 aliphatic heterocycles. The predicted molar refractivity (Wildman–Crippen MR) is 205 cm³/mol. The van der Waals surface area contributed by atoms with Gasteiger partial charge in [0.05, 0.1) is 28.8 Å². The van der Waals surface area contributed by atoms with E-state index in [2.05, 4.69) is 186 Å². The van der Waals surface area contributed by atoms with E-state index in [-0.39, 0.29) is 18.3 Å². The molecule has 0 atom stereocenters. The summed E-state index contributed by atoms with van der Waals surface area (Å²) in [5, 5.41) is 0. The molecule has 0 unspecified atom stereocenters. The molecular formula is C35H41BBr3IN2O2. The van der Waals surface area contributed by atoms with Crippen molar-refractivity contribution in [2.45, 2.75) is 87.4 Å². The summed E-state index contributed by atoms with van der Waals surface area (Å²) in [5.74, 6) is 0. The van der Waals surface area contributed by atoms with Crippen molar-refractivity contribution in [3.8, 4) is 11.3 Å². The molecule has 2 heterocycles. The van der Waals surface area contributed by atoms with Gasteiger partial charge in [0.1, 0.15) is 0 Å². The molecule has 0 N–H and O–H groups in total. The van der Waals surface area contributed by atoms with Crippen molar-refractivity contribution in [3.05, 3.63) is 105 Å². The zero-order chi connectivity index (χ0) is 33.1. The lowest BCUT2D eigenvalue weighted by atomic mass is 9.77. The molecule has 0 bridgehead atoms. The second-order valence-corrected chi connectivity index (χ2v) is 16.0. The average molecular weight is 899 g/mol. The molecule has 1 aromatic heterocycles. The van der Waals surface area contributed by atoms with Crippen molar-refractivity contribution in [1.82, 2.24) is 9.97 Å². The number of benzene rings is 3. The number of nitrogens with zero attached hydrogens (tertiary/aromatic N) is 2. The monoisotopic (exact) mass is 896 g/mol. The number of hydrogen-bond donors (Lipinski definition) is 0. The molecule has 0 saturated carbocycles. The SMILES string of the molecule is Cc1cc(B2OC(C)(C)C(C)(C)O2)cc(C)c1Br.Cc1cc(I)cc(C)c1Br.Cc1cnc(-c2cc(C)c(Br)c(C)c2)cn1. The van der Waals surface area contributed by atoms with E-state index in [1.165, 1.54) is 41.4 Å². The maximum Gasteiger partial charge on any atom is 0.494 e. The molecule has 1 aliphatic rings. The molecular weight excluding hydrogens is 858 g/mol. The fraction of sp³-hybridized carbons (Fsp3) is 0.371. The van der Waals surface area contributed by atoms with Crippen molar-refractivity contribution in [2.75, 3.05) is 0 Å². The summed E-state index contributed by atoms with van der Waals surface area (Å²) < 4.78 is 17.0. The molecule has 1 saturated heterocycles. The van der Waals surface area contributed by atoms with Crippen LogP contribution in [-0.4, -0.2) is 28.3 Å². The summed E-state index contributed by atoms with van der Waals surface area (Å²) in [4.78, 5) is 8.65. The Balaban J connectivity index is 0.000000188. The Morgan fingerprint density at radius 1 is 0.591 bits per heavy atom. The molecule has 234 valence electrons. The summed E-state index contributed by atoms with van der Waals surface area (Å²) in [6.45, 7) is 22.8. The van der Waals surface area contributed by atoms with Crippen LogP contribution in [0, 0.1) is 52.0 Å². The van der Waals surface area contributed by atoms with Gasteiger partial charge in [-0.05, 0) is 162 Å². The first-order valence-corrected chi connectivity index (χ1v) is 17.9. The van der Waals surface area contributed by atoms with E-state index < -0.39 is 0 Å². The molecule has 0 spiro atoms. The Kier molecular flexibility index (Phi) is 12.9. The first kappa shape index (κ1) is 37.4. The number of rotatable bonds is 2. The van der Waals surface area contributed by atoms with Crippen LogP contribution in [0.1, 0.15) is 66.8 Å². The molecule has 0 aliphatic carbocycles. The van der Waals surface area contributed by atoms with Crippen LogP contribution in [0.2, 0.25) is 0 Å². The Labute approximate surface area is 303 Å². The summed E-state index contributed by atoms with van der Waals surface area (Å²) in [6, 6.07) is 12.8. The highest BCUT2D eigenvalue weighted by Crippen LogP contribution is 2.37. The van der Waals surface area contributed by atoms with Gasteiger partial charge < -0.3 is 9.31 Å². The van der Waals surface area contributed by atoms with Crippen LogP contribution in [-0.2, 0) is 9.31 Å². The van der Waals surface area contributed by atoms with Crippen molar-refractivity contribution >= 4 is 83.0 Å². The molecule has 5 rings (SSSR count). The largest absolute Gasteiger partial charge is 0.494 e. The van der Waals surface area contributed by atoms with Gasteiger partial charge in [0.2, 0.25) is 0 Å². The molecule has 9 heteroatoms. The van der Waals surface area contributed by atoms with E-state index in [1.807, 2.05) is 13.1 Å². The summed E-state index contributed by atoms with van der Waals surface area (Å²) in [7, 11) is -0.277. The smallest absolute Gasteiger partial charge is 0.399 e. The summed E-state index contributed by atoms with van der Waals surface area (Å²) in [6.07, 6.45) is 3.61. The zero-order valence-electron chi connectivity index (χ0n) is 27.4. The van der Waals surface area contributed by atoms with Gasteiger partial charge in [-0.3, -0.25) is 9.97 Å². The van der Waals surface area contributed by atoms with Crippen molar-refractivity contribution in [2.24, 2.45) is 0 Å². The highest BCUT2D eigenvalue weighted by atomic mass is 127. The molecule has 44 heavy (non-hydrogen) atoms. The van der Waals surface area contributed by atoms with Crippen molar-refractivity contribution in [1.29, 1.82) is 0 Å². The third-order valence-corrected chi connectivity index (χ3v) is 12.3. The standard InChI is InChI=1S/C14H20BBrO2.C13H13BrN2.C8H8BrI/c1-9-7-11(8-10(2)12(9)16)15-17-13(3,4)14(5,6)18-15;1-8-4-11(5-9(2)13(8)14)12-7-15-10(3)6-16-12;1-5-3-7(10)4-6(2)8(5)9/h7-8H,1-6H3;4-7H,1-3H3;3-4H,1-2H3. The first-order valence-electron chi connectivity index (χ1n) is 14.4. The number of halogens is 4.